The minimum absolute atomic E-state index is 0.0823. The average molecular weight is 307 g/mol. The summed E-state index contributed by atoms with van der Waals surface area (Å²) < 4.78 is 10.7. The SMILES string of the molecule is C=CC(=O)NC[Si](OC(C)=O)(OC(C)=O)c1ccccc1. The van der Waals surface area contributed by atoms with Crippen LogP contribution in [0.2, 0.25) is 0 Å². The zero-order valence-electron chi connectivity index (χ0n) is 11.9. The minimum Gasteiger partial charge on any atom is -0.481 e. The third-order valence-electron chi connectivity index (χ3n) is 2.51. The molecule has 112 valence electrons. The first-order valence-electron chi connectivity index (χ1n) is 6.24. The normalized spacial score (nSPS) is 10.4. The summed E-state index contributed by atoms with van der Waals surface area (Å²) in [6.45, 7) is 5.80. The molecule has 1 amide bonds. The largest absolute Gasteiger partial charge is 0.519 e. The summed E-state index contributed by atoms with van der Waals surface area (Å²) in [6, 6.07) is 8.64. The summed E-state index contributed by atoms with van der Waals surface area (Å²) >= 11 is 0. The van der Waals surface area contributed by atoms with Gasteiger partial charge in [0.25, 0.3) is 11.9 Å². The van der Waals surface area contributed by atoms with Gasteiger partial charge in [0.05, 0.1) is 6.17 Å². The molecular formula is C14H17NO5Si. The van der Waals surface area contributed by atoms with Gasteiger partial charge in [0, 0.05) is 19.0 Å². The van der Waals surface area contributed by atoms with Gasteiger partial charge in [0.2, 0.25) is 5.91 Å². The Balaban J connectivity index is 3.19. The molecule has 1 aromatic rings. The van der Waals surface area contributed by atoms with Crippen molar-refractivity contribution in [3.8, 4) is 0 Å². The number of hydrogen-bond donors (Lipinski definition) is 1. The van der Waals surface area contributed by atoms with Crippen molar-refractivity contribution in [3.63, 3.8) is 0 Å². The second-order valence-electron chi connectivity index (χ2n) is 4.23. The van der Waals surface area contributed by atoms with E-state index in [9.17, 15) is 14.4 Å². The summed E-state index contributed by atoms with van der Waals surface area (Å²) in [4.78, 5) is 34.2. The highest BCUT2D eigenvalue weighted by Gasteiger charge is 2.47. The molecule has 7 heteroatoms. The van der Waals surface area contributed by atoms with Crippen LogP contribution in [0.25, 0.3) is 0 Å². The fourth-order valence-electron chi connectivity index (χ4n) is 1.74. The summed E-state index contributed by atoms with van der Waals surface area (Å²) in [5.41, 5.74) is 0. The quantitative estimate of drug-likeness (QED) is 0.604. The Labute approximate surface area is 124 Å². The molecule has 0 aliphatic rings. The second-order valence-corrected chi connectivity index (χ2v) is 7.07. The van der Waals surface area contributed by atoms with E-state index in [0.717, 1.165) is 6.08 Å². The lowest BCUT2D eigenvalue weighted by Crippen LogP contribution is -2.62. The highest BCUT2D eigenvalue weighted by atomic mass is 28.4. The van der Waals surface area contributed by atoms with Crippen molar-refractivity contribution in [2.45, 2.75) is 13.8 Å². The van der Waals surface area contributed by atoms with Crippen molar-refractivity contribution in [2.24, 2.45) is 0 Å². The van der Waals surface area contributed by atoms with Gasteiger partial charge in [-0.25, -0.2) is 0 Å². The number of benzene rings is 1. The van der Waals surface area contributed by atoms with Gasteiger partial charge in [-0.1, -0.05) is 36.9 Å². The maximum atomic E-state index is 11.4. The van der Waals surface area contributed by atoms with Crippen LogP contribution in [0.3, 0.4) is 0 Å². The van der Waals surface area contributed by atoms with Crippen LogP contribution in [-0.4, -0.2) is 32.6 Å². The lowest BCUT2D eigenvalue weighted by atomic mass is 10.4. The Morgan fingerprint density at radius 1 is 1.14 bits per heavy atom. The molecule has 0 unspecified atom stereocenters. The fourth-order valence-corrected chi connectivity index (χ4v) is 4.41. The maximum Gasteiger partial charge on any atom is 0.519 e. The summed E-state index contributed by atoms with van der Waals surface area (Å²) in [6.07, 6.45) is 1.01. The lowest BCUT2D eigenvalue weighted by molar-refractivity contribution is -0.138. The van der Waals surface area contributed by atoms with Crippen LogP contribution >= 0.6 is 0 Å². The zero-order chi connectivity index (χ0) is 15.9. The molecule has 0 aliphatic carbocycles. The molecule has 0 heterocycles. The maximum absolute atomic E-state index is 11.4. The van der Waals surface area contributed by atoms with Gasteiger partial charge in [0.15, 0.2) is 0 Å². The van der Waals surface area contributed by atoms with E-state index in [2.05, 4.69) is 11.9 Å². The van der Waals surface area contributed by atoms with Gasteiger partial charge in [-0.2, -0.15) is 0 Å². The Bertz CT molecular complexity index is 528. The van der Waals surface area contributed by atoms with E-state index >= 15 is 0 Å². The van der Waals surface area contributed by atoms with E-state index in [0.29, 0.717) is 5.19 Å². The molecule has 21 heavy (non-hydrogen) atoms. The number of rotatable bonds is 6. The molecule has 1 aromatic carbocycles. The minimum atomic E-state index is -3.46. The number of carbonyl (C=O) groups is 3. The molecule has 6 nitrogen and oxygen atoms in total. The van der Waals surface area contributed by atoms with Crippen LogP contribution < -0.4 is 10.5 Å². The van der Waals surface area contributed by atoms with Crippen LogP contribution in [0.15, 0.2) is 43.0 Å². The smallest absolute Gasteiger partial charge is 0.481 e. The van der Waals surface area contributed by atoms with Crippen LogP contribution in [0, 0.1) is 0 Å². The number of carbonyl (C=O) groups excluding carboxylic acids is 3. The van der Waals surface area contributed by atoms with Crippen LogP contribution in [0.1, 0.15) is 13.8 Å². The average Bonchev–Trinajstić information content (AvgIpc) is 2.44. The molecule has 0 radical (unpaired) electrons. The van der Waals surface area contributed by atoms with E-state index < -0.39 is 26.4 Å². The van der Waals surface area contributed by atoms with Gasteiger partial charge in [-0.05, 0) is 6.08 Å². The van der Waals surface area contributed by atoms with E-state index in [-0.39, 0.29) is 6.17 Å². The molecule has 0 aromatic heterocycles. The number of amides is 1. The Hall–Kier alpha value is -2.41. The Morgan fingerprint density at radius 2 is 1.67 bits per heavy atom. The third-order valence-corrected chi connectivity index (χ3v) is 5.60. The van der Waals surface area contributed by atoms with Crippen LogP contribution in [0.5, 0.6) is 0 Å². The van der Waals surface area contributed by atoms with Gasteiger partial charge in [0.1, 0.15) is 0 Å². The molecule has 0 saturated heterocycles. The fraction of sp³-hybridized carbons (Fsp3) is 0.214. The van der Waals surface area contributed by atoms with E-state index in [1.165, 1.54) is 13.8 Å². The topological polar surface area (TPSA) is 81.7 Å². The summed E-state index contributed by atoms with van der Waals surface area (Å²) in [5.74, 6) is -1.61. The predicted molar refractivity (Wildman–Crippen MR) is 78.6 cm³/mol. The van der Waals surface area contributed by atoms with Crippen molar-refractivity contribution in [2.75, 3.05) is 6.17 Å². The van der Waals surface area contributed by atoms with E-state index in [1.54, 1.807) is 30.3 Å². The highest BCUT2D eigenvalue weighted by Crippen LogP contribution is 2.09. The number of nitrogens with one attached hydrogen (secondary N) is 1. The summed E-state index contributed by atoms with van der Waals surface area (Å²) in [5, 5.41) is 3.10. The molecule has 0 bridgehead atoms. The van der Waals surface area contributed by atoms with Crippen molar-refractivity contribution >= 4 is 31.6 Å². The van der Waals surface area contributed by atoms with Crippen LogP contribution in [-0.2, 0) is 23.2 Å². The van der Waals surface area contributed by atoms with Crippen molar-refractivity contribution < 1.29 is 23.2 Å². The first kappa shape index (κ1) is 16.6. The molecular weight excluding hydrogens is 290 g/mol. The third kappa shape index (κ3) is 4.88. The van der Waals surface area contributed by atoms with Crippen molar-refractivity contribution in [1.82, 2.24) is 5.32 Å². The molecule has 1 N–H and O–H groups in total. The van der Waals surface area contributed by atoms with Gasteiger partial charge in [-0.15, -0.1) is 0 Å². The van der Waals surface area contributed by atoms with Crippen molar-refractivity contribution in [3.05, 3.63) is 43.0 Å². The standard InChI is InChI=1S/C14H17NO5Si/c1-4-14(18)15-10-21(19-11(2)16,20-12(3)17)13-8-6-5-7-9-13/h4-9H,1,10H2,2-3H3,(H,15,18). The zero-order valence-corrected chi connectivity index (χ0v) is 12.9. The van der Waals surface area contributed by atoms with E-state index in [1.807, 2.05) is 0 Å². The van der Waals surface area contributed by atoms with Crippen molar-refractivity contribution in [1.29, 1.82) is 0 Å². The lowest BCUT2D eigenvalue weighted by Gasteiger charge is -2.28. The Kier molecular flexibility index (Phi) is 5.86. The number of hydrogen-bond acceptors (Lipinski definition) is 5. The van der Waals surface area contributed by atoms with Gasteiger partial charge < -0.3 is 14.2 Å². The first-order chi connectivity index (χ1) is 9.89. The molecule has 1 rings (SSSR count). The summed E-state index contributed by atoms with van der Waals surface area (Å²) in [7, 11) is -3.46. The first-order valence-corrected chi connectivity index (χ1v) is 8.27. The van der Waals surface area contributed by atoms with Gasteiger partial charge >= 0.3 is 8.56 Å². The predicted octanol–water partition coefficient (Wildman–Crippen LogP) is 0.303. The molecule has 0 aliphatic heterocycles. The molecule has 0 spiro atoms. The highest BCUT2D eigenvalue weighted by molar-refractivity contribution is 6.83. The second kappa shape index (κ2) is 7.39. The van der Waals surface area contributed by atoms with E-state index in [4.69, 9.17) is 8.85 Å². The molecule has 0 saturated carbocycles. The molecule has 0 atom stereocenters. The molecule has 0 fully saturated rings. The monoisotopic (exact) mass is 307 g/mol. The van der Waals surface area contributed by atoms with Crippen LogP contribution in [0.4, 0.5) is 0 Å². The Morgan fingerprint density at radius 3 is 2.10 bits per heavy atom. The van der Waals surface area contributed by atoms with Gasteiger partial charge in [-0.3, -0.25) is 14.4 Å².